The van der Waals surface area contributed by atoms with Crippen molar-refractivity contribution in [1.29, 1.82) is 0 Å². The van der Waals surface area contributed by atoms with E-state index in [0.717, 1.165) is 38.6 Å². The van der Waals surface area contributed by atoms with Gasteiger partial charge in [0.25, 0.3) is 0 Å². The minimum atomic E-state index is -0.668. The number of likely N-dealkylation sites (tertiary alicyclic amines) is 1. The molecule has 108 valence electrons. The second-order valence-corrected chi connectivity index (χ2v) is 6.64. The first-order valence-corrected chi connectivity index (χ1v) is 7.91. The minimum absolute atomic E-state index is 0.351. The Balaban J connectivity index is 1.75. The molecule has 3 rings (SSSR count). The molecule has 3 aliphatic rings. The van der Waals surface area contributed by atoms with Gasteiger partial charge in [0.2, 0.25) is 0 Å². The topological polar surface area (TPSA) is 52.6 Å². The molecule has 19 heavy (non-hydrogen) atoms. The first kappa shape index (κ1) is 13.4. The van der Waals surface area contributed by atoms with E-state index in [2.05, 4.69) is 17.1 Å². The van der Waals surface area contributed by atoms with Gasteiger partial charge < -0.3 is 5.11 Å². The summed E-state index contributed by atoms with van der Waals surface area (Å²) in [7, 11) is 0. The maximum absolute atomic E-state index is 12.0. The second-order valence-electron chi connectivity index (χ2n) is 6.64. The fourth-order valence-electron chi connectivity index (χ4n) is 3.65. The van der Waals surface area contributed by atoms with Crippen molar-refractivity contribution in [3.63, 3.8) is 0 Å². The second kappa shape index (κ2) is 5.06. The zero-order valence-corrected chi connectivity index (χ0v) is 11.9. The fourth-order valence-corrected chi connectivity index (χ4v) is 3.65. The van der Waals surface area contributed by atoms with E-state index < -0.39 is 11.5 Å². The van der Waals surface area contributed by atoms with Gasteiger partial charge in [-0.2, -0.15) is 0 Å². The summed E-state index contributed by atoms with van der Waals surface area (Å²) in [6.07, 6.45) is 8.07. The molecular weight excluding hydrogens is 240 g/mol. The van der Waals surface area contributed by atoms with Gasteiger partial charge >= 0.3 is 5.97 Å². The number of carboxylic acids is 1. The third-order valence-electron chi connectivity index (χ3n) is 5.12. The Morgan fingerprint density at radius 2 is 2.05 bits per heavy atom. The standard InChI is InChI=1S/C15H26N2O2/c1-2-13-4-3-9-17(13)10-15(14(18)19,11-5-6-11)16-12-7-8-12/h11-13,16H,2-10H2,1H3,(H,18,19). The Morgan fingerprint density at radius 3 is 2.58 bits per heavy atom. The Labute approximate surface area is 115 Å². The number of nitrogens with one attached hydrogen (secondary N) is 1. The summed E-state index contributed by atoms with van der Waals surface area (Å²) >= 11 is 0. The normalized spacial score (nSPS) is 31.3. The number of hydrogen-bond donors (Lipinski definition) is 2. The Morgan fingerprint density at radius 1 is 1.32 bits per heavy atom. The average molecular weight is 266 g/mol. The molecule has 0 spiro atoms. The quantitative estimate of drug-likeness (QED) is 0.738. The van der Waals surface area contributed by atoms with Crippen LogP contribution in [0.25, 0.3) is 0 Å². The van der Waals surface area contributed by atoms with E-state index in [1.165, 1.54) is 12.8 Å². The molecule has 0 amide bonds. The molecule has 3 fully saturated rings. The van der Waals surface area contributed by atoms with Crippen LogP contribution in [0.3, 0.4) is 0 Å². The lowest BCUT2D eigenvalue weighted by atomic mass is 9.91. The van der Waals surface area contributed by atoms with Crippen LogP contribution in [-0.4, -0.2) is 46.7 Å². The van der Waals surface area contributed by atoms with E-state index in [1.807, 2.05) is 0 Å². The van der Waals surface area contributed by atoms with Crippen molar-refractivity contribution in [2.45, 2.75) is 69.5 Å². The van der Waals surface area contributed by atoms with Gasteiger partial charge in [0, 0.05) is 18.6 Å². The lowest BCUT2D eigenvalue weighted by Crippen LogP contribution is -2.62. The highest BCUT2D eigenvalue weighted by Gasteiger charge is 2.54. The third-order valence-corrected chi connectivity index (χ3v) is 5.12. The Hall–Kier alpha value is -0.610. The number of rotatable bonds is 7. The van der Waals surface area contributed by atoms with Crippen molar-refractivity contribution >= 4 is 5.97 Å². The first-order valence-electron chi connectivity index (χ1n) is 7.91. The first-order chi connectivity index (χ1) is 9.15. The molecule has 1 saturated heterocycles. The van der Waals surface area contributed by atoms with E-state index in [-0.39, 0.29) is 0 Å². The molecule has 2 unspecified atom stereocenters. The molecule has 4 nitrogen and oxygen atoms in total. The van der Waals surface area contributed by atoms with E-state index in [0.29, 0.717) is 24.5 Å². The molecule has 4 heteroatoms. The summed E-state index contributed by atoms with van der Waals surface area (Å²) < 4.78 is 0. The smallest absolute Gasteiger partial charge is 0.325 e. The van der Waals surface area contributed by atoms with Crippen molar-refractivity contribution in [1.82, 2.24) is 10.2 Å². The number of aliphatic carboxylic acids is 1. The van der Waals surface area contributed by atoms with Crippen LogP contribution in [0.4, 0.5) is 0 Å². The molecule has 2 saturated carbocycles. The predicted octanol–water partition coefficient (Wildman–Crippen LogP) is 1.85. The van der Waals surface area contributed by atoms with Crippen LogP contribution >= 0.6 is 0 Å². The van der Waals surface area contributed by atoms with Crippen LogP contribution in [0, 0.1) is 5.92 Å². The van der Waals surface area contributed by atoms with E-state index in [1.54, 1.807) is 0 Å². The average Bonchev–Trinajstić information content (AvgIpc) is 3.27. The maximum Gasteiger partial charge on any atom is 0.325 e. The molecule has 2 N–H and O–H groups in total. The maximum atomic E-state index is 12.0. The van der Waals surface area contributed by atoms with E-state index >= 15 is 0 Å². The largest absolute Gasteiger partial charge is 0.480 e. The molecule has 0 aromatic carbocycles. The van der Waals surface area contributed by atoms with Gasteiger partial charge in [-0.3, -0.25) is 15.0 Å². The summed E-state index contributed by atoms with van der Waals surface area (Å²) in [6, 6.07) is 1.05. The van der Waals surface area contributed by atoms with Crippen molar-refractivity contribution < 1.29 is 9.90 Å². The Kier molecular flexibility index (Phi) is 3.56. The lowest BCUT2D eigenvalue weighted by Gasteiger charge is -2.37. The SMILES string of the molecule is CCC1CCCN1CC(NC1CC1)(C(=O)O)C1CC1. The minimum Gasteiger partial charge on any atom is -0.480 e. The van der Waals surface area contributed by atoms with Gasteiger partial charge in [0.1, 0.15) is 5.54 Å². The molecule has 0 aromatic heterocycles. The number of carboxylic acid groups (broad SMARTS) is 1. The highest BCUT2D eigenvalue weighted by Crippen LogP contribution is 2.43. The van der Waals surface area contributed by atoms with E-state index in [9.17, 15) is 9.90 Å². The van der Waals surface area contributed by atoms with Crippen LogP contribution in [0.2, 0.25) is 0 Å². The molecule has 2 atom stereocenters. The number of nitrogens with zero attached hydrogens (tertiary/aromatic N) is 1. The van der Waals surface area contributed by atoms with Crippen molar-refractivity contribution in [2.75, 3.05) is 13.1 Å². The number of hydrogen-bond acceptors (Lipinski definition) is 3. The molecule has 0 bridgehead atoms. The van der Waals surface area contributed by atoms with Crippen LogP contribution in [-0.2, 0) is 4.79 Å². The summed E-state index contributed by atoms with van der Waals surface area (Å²) in [4.78, 5) is 14.4. The zero-order valence-electron chi connectivity index (χ0n) is 11.9. The van der Waals surface area contributed by atoms with Gasteiger partial charge in [-0.25, -0.2) is 0 Å². The van der Waals surface area contributed by atoms with Gasteiger partial charge in [-0.15, -0.1) is 0 Å². The fraction of sp³-hybridized carbons (Fsp3) is 0.933. The van der Waals surface area contributed by atoms with Gasteiger partial charge in [-0.1, -0.05) is 6.92 Å². The van der Waals surface area contributed by atoms with Crippen molar-refractivity contribution in [3.05, 3.63) is 0 Å². The summed E-state index contributed by atoms with van der Waals surface area (Å²) in [5.74, 6) is -0.271. The number of carbonyl (C=O) groups is 1. The van der Waals surface area contributed by atoms with Crippen LogP contribution in [0.15, 0.2) is 0 Å². The molecule has 1 heterocycles. The third kappa shape index (κ3) is 2.65. The molecule has 0 aromatic rings. The van der Waals surface area contributed by atoms with Crippen molar-refractivity contribution in [2.24, 2.45) is 5.92 Å². The molecule has 2 aliphatic carbocycles. The van der Waals surface area contributed by atoms with Crippen molar-refractivity contribution in [3.8, 4) is 0 Å². The molecule has 1 aliphatic heterocycles. The summed E-state index contributed by atoms with van der Waals surface area (Å²) in [6.45, 7) is 4.01. The monoisotopic (exact) mass is 266 g/mol. The highest BCUT2D eigenvalue weighted by molar-refractivity contribution is 5.80. The van der Waals surface area contributed by atoms with Gasteiger partial charge in [0.05, 0.1) is 0 Å². The zero-order chi connectivity index (χ0) is 13.5. The van der Waals surface area contributed by atoms with Gasteiger partial charge in [-0.05, 0) is 57.4 Å². The summed E-state index contributed by atoms with van der Waals surface area (Å²) in [5, 5.41) is 13.3. The lowest BCUT2D eigenvalue weighted by molar-refractivity contribution is -0.147. The molecule has 0 radical (unpaired) electrons. The highest BCUT2D eigenvalue weighted by atomic mass is 16.4. The Bertz CT molecular complexity index is 352. The summed E-state index contributed by atoms with van der Waals surface area (Å²) in [5.41, 5.74) is -0.668. The van der Waals surface area contributed by atoms with E-state index in [4.69, 9.17) is 0 Å². The predicted molar refractivity (Wildman–Crippen MR) is 74.1 cm³/mol. The van der Waals surface area contributed by atoms with Crippen LogP contribution in [0.1, 0.15) is 51.9 Å². The molecular formula is C15H26N2O2. The van der Waals surface area contributed by atoms with Gasteiger partial charge in [0.15, 0.2) is 0 Å². The van der Waals surface area contributed by atoms with Crippen LogP contribution < -0.4 is 5.32 Å². The van der Waals surface area contributed by atoms with Crippen LogP contribution in [0.5, 0.6) is 0 Å².